The molecule has 2 aromatic rings. The molecule has 1 heterocycles. The van der Waals surface area contributed by atoms with E-state index in [0.717, 1.165) is 10.2 Å². The first-order valence-electron chi connectivity index (χ1n) is 5.10. The van der Waals surface area contributed by atoms with Gasteiger partial charge in [0.05, 0.1) is 5.69 Å². The van der Waals surface area contributed by atoms with Gasteiger partial charge in [-0.3, -0.25) is 0 Å². The van der Waals surface area contributed by atoms with Crippen molar-refractivity contribution < 1.29 is 4.74 Å². The molecule has 5 heteroatoms. The third kappa shape index (κ3) is 2.94. The number of anilines is 1. The van der Waals surface area contributed by atoms with E-state index in [1.54, 1.807) is 18.2 Å². The molecular weight excluding hydrogens is 282 g/mol. The van der Waals surface area contributed by atoms with Gasteiger partial charge in [-0.15, -0.1) is 0 Å². The minimum Gasteiger partial charge on any atom is -0.437 e. The number of ether oxygens (including phenoxy) is 1. The summed E-state index contributed by atoms with van der Waals surface area (Å²) in [5.41, 5.74) is 7.27. The molecule has 0 unspecified atom stereocenters. The number of nitrogen functional groups attached to an aromatic ring is 1. The van der Waals surface area contributed by atoms with Crippen molar-refractivity contribution in [2.24, 2.45) is 0 Å². The van der Waals surface area contributed by atoms with Crippen LogP contribution < -0.4 is 10.5 Å². The van der Waals surface area contributed by atoms with Crippen LogP contribution in [0.5, 0.6) is 11.6 Å². The molecule has 17 heavy (non-hydrogen) atoms. The smallest absolute Gasteiger partial charge is 0.222 e. The molecule has 88 valence electrons. The SMILES string of the molecule is Cc1cc(Oc2ccc(Br)cc2N)nc(C)n1. The molecule has 0 aliphatic rings. The summed E-state index contributed by atoms with van der Waals surface area (Å²) < 4.78 is 6.54. The van der Waals surface area contributed by atoms with Crippen molar-refractivity contribution in [2.75, 3.05) is 5.73 Å². The molecule has 0 saturated heterocycles. The molecule has 0 aliphatic heterocycles. The molecule has 0 radical (unpaired) electrons. The lowest BCUT2D eigenvalue weighted by molar-refractivity contribution is 0.461. The second kappa shape index (κ2) is 4.71. The van der Waals surface area contributed by atoms with Crippen LogP contribution in [0.4, 0.5) is 5.69 Å². The molecule has 0 spiro atoms. The van der Waals surface area contributed by atoms with Crippen LogP contribution in [0, 0.1) is 13.8 Å². The van der Waals surface area contributed by atoms with Crippen LogP contribution in [0.1, 0.15) is 11.5 Å². The van der Waals surface area contributed by atoms with Crippen LogP contribution >= 0.6 is 15.9 Å². The largest absolute Gasteiger partial charge is 0.437 e. The van der Waals surface area contributed by atoms with Crippen LogP contribution in [0.25, 0.3) is 0 Å². The fourth-order valence-corrected chi connectivity index (χ4v) is 1.84. The van der Waals surface area contributed by atoms with Gasteiger partial charge in [-0.25, -0.2) is 4.98 Å². The third-order valence-corrected chi connectivity index (χ3v) is 2.62. The van der Waals surface area contributed by atoms with E-state index in [1.807, 2.05) is 19.9 Å². The Morgan fingerprint density at radius 1 is 1.18 bits per heavy atom. The number of halogens is 1. The van der Waals surface area contributed by atoms with Gasteiger partial charge in [0.15, 0.2) is 5.75 Å². The monoisotopic (exact) mass is 293 g/mol. The highest BCUT2D eigenvalue weighted by atomic mass is 79.9. The summed E-state index contributed by atoms with van der Waals surface area (Å²) in [6.45, 7) is 3.72. The molecule has 2 N–H and O–H groups in total. The first kappa shape index (κ1) is 11.9. The Morgan fingerprint density at radius 2 is 1.94 bits per heavy atom. The maximum Gasteiger partial charge on any atom is 0.222 e. The Labute approximate surface area is 108 Å². The number of aromatic nitrogens is 2. The highest BCUT2D eigenvalue weighted by Gasteiger charge is 2.05. The molecule has 4 nitrogen and oxygen atoms in total. The fourth-order valence-electron chi connectivity index (χ4n) is 1.46. The summed E-state index contributed by atoms with van der Waals surface area (Å²) in [6, 6.07) is 7.23. The van der Waals surface area contributed by atoms with Crippen LogP contribution in [0.3, 0.4) is 0 Å². The molecule has 0 saturated carbocycles. The molecule has 0 fully saturated rings. The van der Waals surface area contributed by atoms with Gasteiger partial charge in [-0.1, -0.05) is 15.9 Å². The van der Waals surface area contributed by atoms with Gasteiger partial charge in [-0.05, 0) is 32.0 Å². The quantitative estimate of drug-likeness (QED) is 0.864. The number of hydrogen-bond donors (Lipinski definition) is 1. The lowest BCUT2D eigenvalue weighted by atomic mass is 10.3. The van der Waals surface area contributed by atoms with Gasteiger partial charge in [-0.2, -0.15) is 4.98 Å². The Balaban J connectivity index is 2.31. The van der Waals surface area contributed by atoms with Crippen molar-refractivity contribution in [3.63, 3.8) is 0 Å². The van der Waals surface area contributed by atoms with Crippen molar-refractivity contribution in [1.82, 2.24) is 9.97 Å². The normalized spacial score (nSPS) is 10.3. The van der Waals surface area contributed by atoms with Gasteiger partial charge in [0, 0.05) is 16.2 Å². The van der Waals surface area contributed by atoms with E-state index < -0.39 is 0 Å². The number of aryl methyl sites for hydroxylation is 2. The minimum atomic E-state index is 0.504. The van der Waals surface area contributed by atoms with E-state index in [9.17, 15) is 0 Å². The summed E-state index contributed by atoms with van der Waals surface area (Å²) in [5, 5.41) is 0. The Bertz CT molecular complexity index is 537. The van der Waals surface area contributed by atoms with E-state index in [1.165, 1.54) is 0 Å². The van der Waals surface area contributed by atoms with Crippen molar-refractivity contribution in [3.05, 3.63) is 40.3 Å². The van der Waals surface area contributed by atoms with Crippen molar-refractivity contribution in [3.8, 4) is 11.6 Å². The minimum absolute atomic E-state index is 0.504. The zero-order valence-electron chi connectivity index (χ0n) is 9.57. The van der Waals surface area contributed by atoms with Crippen molar-refractivity contribution in [2.45, 2.75) is 13.8 Å². The lowest BCUT2D eigenvalue weighted by Gasteiger charge is -2.08. The maximum absolute atomic E-state index is 5.85. The van der Waals surface area contributed by atoms with Crippen LogP contribution in [-0.4, -0.2) is 9.97 Å². The van der Waals surface area contributed by atoms with Crippen molar-refractivity contribution in [1.29, 1.82) is 0 Å². The van der Waals surface area contributed by atoms with Gasteiger partial charge in [0.25, 0.3) is 0 Å². The molecule has 1 aromatic heterocycles. The molecule has 1 aromatic carbocycles. The highest BCUT2D eigenvalue weighted by Crippen LogP contribution is 2.29. The predicted molar refractivity (Wildman–Crippen MR) is 70.1 cm³/mol. The number of rotatable bonds is 2. The summed E-state index contributed by atoms with van der Waals surface area (Å²) >= 11 is 3.34. The predicted octanol–water partition coefficient (Wildman–Crippen LogP) is 3.23. The van der Waals surface area contributed by atoms with E-state index >= 15 is 0 Å². The number of nitrogens with zero attached hydrogens (tertiary/aromatic N) is 2. The Morgan fingerprint density at radius 3 is 2.59 bits per heavy atom. The zero-order valence-corrected chi connectivity index (χ0v) is 11.2. The fraction of sp³-hybridized carbons (Fsp3) is 0.167. The first-order valence-corrected chi connectivity index (χ1v) is 5.89. The van der Waals surface area contributed by atoms with Crippen LogP contribution in [0.2, 0.25) is 0 Å². The Hall–Kier alpha value is -1.62. The first-order chi connectivity index (χ1) is 8.04. The van der Waals surface area contributed by atoms with Crippen molar-refractivity contribution >= 4 is 21.6 Å². The van der Waals surface area contributed by atoms with E-state index in [0.29, 0.717) is 23.1 Å². The molecule has 0 bridgehead atoms. The second-order valence-corrected chi connectivity index (χ2v) is 4.59. The lowest BCUT2D eigenvalue weighted by Crippen LogP contribution is -1.97. The maximum atomic E-state index is 5.85. The van der Waals surface area contributed by atoms with E-state index in [-0.39, 0.29) is 0 Å². The van der Waals surface area contributed by atoms with E-state index in [2.05, 4.69) is 25.9 Å². The summed E-state index contributed by atoms with van der Waals surface area (Å²) in [7, 11) is 0. The molecule has 0 atom stereocenters. The summed E-state index contributed by atoms with van der Waals surface area (Å²) in [4.78, 5) is 8.37. The number of benzene rings is 1. The van der Waals surface area contributed by atoms with Gasteiger partial charge >= 0.3 is 0 Å². The van der Waals surface area contributed by atoms with Crippen LogP contribution in [-0.2, 0) is 0 Å². The van der Waals surface area contributed by atoms with Gasteiger partial charge < -0.3 is 10.5 Å². The summed E-state index contributed by atoms with van der Waals surface area (Å²) in [5.74, 6) is 1.77. The second-order valence-electron chi connectivity index (χ2n) is 3.68. The molecule has 0 aliphatic carbocycles. The van der Waals surface area contributed by atoms with Crippen LogP contribution in [0.15, 0.2) is 28.7 Å². The standard InChI is InChI=1S/C12H12BrN3O/c1-7-5-12(16-8(2)15-7)17-11-4-3-9(13)6-10(11)14/h3-6H,14H2,1-2H3. The topological polar surface area (TPSA) is 61.0 Å². The van der Waals surface area contributed by atoms with E-state index in [4.69, 9.17) is 10.5 Å². The third-order valence-electron chi connectivity index (χ3n) is 2.13. The molecule has 2 rings (SSSR count). The molecule has 0 amide bonds. The van der Waals surface area contributed by atoms with Gasteiger partial charge in [0.2, 0.25) is 5.88 Å². The average Bonchev–Trinajstić information content (AvgIpc) is 2.21. The molecular formula is C12H12BrN3O. The summed E-state index contributed by atoms with van der Waals surface area (Å²) in [6.07, 6.45) is 0. The average molecular weight is 294 g/mol. The number of nitrogens with two attached hydrogens (primary N) is 1. The Kier molecular flexibility index (Phi) is 3.28. The highest BCUT2D eigenvalue weighted by molar-refractivity contribution is 9.10. The van der Waals surface area contributed by atoms with Gasteiger partial charge in [0.1, 0.15) is 5.82 Å². The zero-order chi connectivity index (χ0) is 12.4. The number of hydrogen-bond acceptors (Lipinski definition) is 4.